The average Bonchev–Trinajstić information content (AvgIpc) is 3.14. The maximum Gasteiger partial charge on any atom is 0.227 e. The van der Waals surface area contributed by atoms with E-state index in [9.17, 15) is 9.59 Å². The van der Waals surface area contributed by atoms with Crippen molar-refractivity contribution in [2.75, 3.05) is 20.1 Å². The summed E-state index contributed by atoms with van der Waals surface area (Å²) < 4.78 is 0. The number of carbonyl (C=O) groups excluding carboxylic acids is 2. The Morgan fingerprint density at radius 1 is 1.38 bits per heavy atom. The van der Waals surface area contributed by atoms with Gasteiger partial charge in [-0.15, -0.1) is 11.3 Å². The molecular formula is C19H22ClN3O2S. The Hall–Kier alpha value is -1.92. The van der Waals surface area contributed by atoms with E-state index < -0.39 is 0 Å². The van der Waals surface area contributed by atoms with Crippen LogP contribution in [0, 0.1) is 5.92 Å². The van der Waals surface area contributed by atoms with E-state index in [0.29, 0.717) is 37.5 Å². The van der Waals surface area contributed by atoms with Gasteiger partial charge in [0.05, 0.1) is 12.5 Å². The van der Waals surface area contributed by atoms with Crippen molar-refractivity contribution in [3.63, 3.8) is 0 Å². The fraction of sp³-hybridized carbons (Fsp3) is 0.421. The topological polar surface area (TPSA) is 53.5 Å². The maximum atomic E-state index is 12.7. The number of thiazole rings is 1. The van der Waals surface area contributed by atoms with E-state index in [0.717, 1.165) is 17.0 Å². The van der Waals surface area contributed by atoms with Crippen LogP contribution in [0.1, 0.15) is 23.4 Å². The smallest absolute Gasteiger partial charge is 0.227 e. The number of amides is 2. The van der Waals surface area contributed by atoms with Crippen molar-refractivity contribution in [1.82, 2.24) is 14.8 Å². The largest absolute Gasteiger partial charge is 0.342 e. The molecule has 26 heavy (non-hydrogen) atoms. The molecule has 0 unspecified atom stereocenters. The summed E-state index contributed by atoms with van der Waals surface area (Å²) in [6.07, 6.45) is 3.56. The molecule has 5 nitrogen and oxygen atoms in total. The molecule has 0 spiro atoms. The SMILES string of the molecule is CN(Cc1nccs1)C(=O)[C@@H]1CCC(=O)N(CCc2ccc(Cl)cc2)C1. The number of hydrogen-bond acceptors (Lipinski definition) is 4. The lowest BCUT2D eigenvalue weighted by Crippen LogP contribution is -2.46. The average molecular weight is 392 g/mol. The molecule has 1 atom stereocenters. The van der Waals surface area contributed by atoms with E-state index in [4.69, 9.17) is 11.6 Å². The fourth-order valence-electron chi connectivity index (χ4n) is 3.17. The predicted molar refractivity (Wildman–Crippen MR) is 103 cm³/mol. The predicted octanol–water partition coefficient (Wildman–Crippen LogP) is 3.24. The highest BCUT2D eigenvalue weighted by Gasteiger charge is 2.31. The molecule has 1 aliphatic heterocycles. The van der Waals surface area contributed by atoms with Crippen LogP contribution in [0.25, 0.3) is 0 Å². The number of benzene rings is 1. The molecule has 7 heteroatoms. The zero-order valence-electron chi connectivity index (χ0n) is 14.7. The van der Waals surface area contributed by atoms with Gasteiger partial charge in [0.2, 0.25) is 11.8 Å². The summed E-state index contributed by atoms with van der Waals surface area (Å²) in [6, 6.07) is 7.66. The van der Waals surface area contributed by atoms with E-state index in [-0.39, 0.29) is 17.7 Å². The second kappa shape index (κ2) is 8.64. The molecule has 1 aliphatic rings. The Morgan fingerprint density at radius 3 is 2.85 bits per heavy atom. The molecule has 2 heterocycles. The highest BCUT2D eigenvalue weighted by molar-refractivity contribution is 7.09. The summed E-state index contributed by atoms with van der Waals surface area (Å²) in [5, 5.41) is 3.54. The lowest BCUT2D eigenvalue weighted by Gasteiger charge is -2.33. The van der Waals surface area contributed by atoms with Crippen molar-refractivity contribution < 1.29 is 9.59 Å². The van der Waals surface area contributed by atoms with Gasteiger partial charge >= 0.3 is 0 Å². The third-order valence-electron chi connectivity index (χ3n) is 4.67. The maximum absolute atomic E-state index is 12.7. The van der Waals surface area contributed by atoms with E-state index in [1.165, 1.54) is 0 Å². The van der Waals surface area contributed by atoms with Crippen LogP contribution < -0.4 is 0 Å². The zero-order valence-corrected chi connectivity index (χ0v) is 16.3. The highest BCUT2D eigenvalue weighted by Crippen LogP contribution is 2.21. The summed E-state index contributed by atoms with van der Waals surface area (Å²) >= 11 is 7.45. The van der Waals surface area contributed by atoms with Crippen LogP contribution in [-0.2, 0) is 22.6 Å². The minimum atomic E-state index is -0.136. The first-order chi connectivity index (χ1) is 12.5. The number of aromatic nitrogens is 1. The fourth-order valence-corrected chi connectivity index (χ4v) is 3.97. The number of carbonyl (C=O) groups is 2. The van der Waals surface area contributed by atoms with Gasteiger partial charge in [-0.1, -0.05) is 23.7 Å². The number of piperidine rings is 1. The third kappa shape index (κ3) is 4.83. The van der Waals surface area contributed by atoms with Crippen molar-refractivity contribution in [3.05, 3.63) is 51.4 Å². The van der Waals surface area contributed by atoms with Crippen molar-refractivity contribution in [2.45, 2.75) is 25.8 Å². The van der Waals surface area contributed by atoms with Crippen molar-refractivity contribution >= 4 is 34.8 Å². The second-order valence-corrected chi connectivity index (χ2v) is 7.99. The first-order valence-electron chi connectivity index (χ1n) is 8.68. The first-order valence-corrected chi connectivity index (χ1v) is 9.94. The molecule has 138 valence electrons. The lowest BCUT2D eigenvalue weighted by atomic mass is 9.95. The second-order valence-electron chi connectivity index (χ2n) is 6.57. The molecule has 1 aromatic carbocycles. The zero-order chi connectivity index (χ0) is 18.5. The van der Waals surface area contributed by atoms with Gasteiger partial charge in [-0.05, 0) is 30.5 Å². The summed E-state index contributed by atoms with van der Waals surface area (Å²) in [7, 11) is 1.80. The van der Waals surface area contributed by atoms with E-state index in [1.54, 1.807) is 29.5 Å². The van der Waals surface area contributed by atoms with Gasteiger partial charge in [0.1, 0.15) is 5.01 Å². The number of rotatable bonds is 6. The van der Waals surface area contributed by atoms with Gasteiger partial charge in [-0.3, -0.25) is 9.59 Å². The molecule has 2 aromatic rings. The Bertz CT molecular complexity index is 749. The molecule has 0 aliphatic carbocycles. The molecule has 0 radical (unpaired) electrons. The van der Waals surface area contributed by atoms with E-state index in [2.05, 4.69) is 4.98 Å². The van der Waals surface area contributed by atoms with Gasteiger partial charge in [0.15, 0.2) is 0 Å². The Balaban J connectivity index is 1.55. The standard InChI is InChI=1S/C19H22ClN3O2S/c1-22(13-17-21-9-11-26-17)19(25)15-4-7-18(24)23(12-15)10-8-14-2-5-16(20)6-3-14/h2-3,5-6,9,11,15H,4,7-8,10,12-13H2,1H3/t15-/m1/s1. The normalized spacial score (nSPS) is 17.4. The molecule has 1 aromatic heterocycles. The van der Waals surface area contributed by atoms with Crippen LogP contribution in [0.5, 0.6) is 0 Å². The quantitative estimate of drug-likeness (QED) is 0.759. The van der Waals surface area contributed by atoms with Crippen LogP contribution in [0.4, 0.5) is 0 Å². The summed E-state index contributed by atoms with van der Waals surface area (Å²) in [5.41, 5.74) is 1.14. The Kier molecular flexibility index (Phi) is 6.27. The lowest BCUT2D eigenvalue weighted by molar-refractivity contribution is -0.142. The molecule has 0 N–H and O–H groups in total. The van der Waals surface area contributed by atoms with Crippen LogP contribution in [-0.4, -0.2) is 46.7 Å². The minimum absolute atomic E-state index is 0.0872. The Labute approximate surface area is 162 Å². The highest BCUT2D eigenvalue weighted by atomic mass is 35.5. The molecule has 0 bridgehead atoms. The van der Waals surface area contributed by atoms with Crippen LogP contribution >= 0.6 is 22.9 Å². The van der Waals surface area contributed by atoms with Crippen LogP contribution in [0.15, 0.2) is 35.8 Å². The Morgan fingerprint density at radius 2 is 2.15 bits per heavy atom. The molecule has 0 saturated carbocycles. The van der Waals surface area contributed by atoms with Crippen molar-refractivity contribution in [1.29, 1.82) is 0 Å². The van der Waals surface area contributed by atoms with Crippen LogP contribution in [0.3, 0.4) is 0 Å². The molecule has 1 saturated heterocycles. The summed E-state index contributed by atoms with van der Waals surface area (Å²) in [5.74, 6) is 0.0812. The third-order valence-corrected chi connectivity index (χ3v) is 5.68. The number of likely N-dealkylation sites (tertiary alicyclic amines) is 1. The van der Waals surface area contributed by atoms with Gasteiger partial charge in [0, 0.05) is 43.2 Å². The van der Waals surface area contributed by atoms with Crippen molar-refractivity contribution in [3.8, 4) is 0 Å². The van der Waals surface area contributed by atoms with E-state index >= 15 is 0 Å². The van der Waals surface area contributed by atoms with Crippen LogP contribution in [0.2, 0.25) is 5.02 Å². The van der Waals surface area contributed by atoms with Gasteiger partial charge in [-0.2, -0.15) is 0 Å². The van der Waals surface area contributed by atoms with Gasteiger partial charge in [-0.25, -0.2) is 4.98 Å². The minimum Gasteiger partial charge on any atom is -0.342 e. The van der Waals surface area contributed by atoms with Gasteiger partial charge < -0.3 is 9.80 Å². The molecule has 1 fully saturated rings. The summed E-state index contributed by atoms with van der Waals surface area (Å²) in [4.78, 5) is 32.7. The summed E-state index contributed by atoms with van der Waals surface area (Å²) in [6.45, 7) is 1.64. The first kappa shape index (κ1) is 18.9. The van der Waals surface area contributed by atoms with Gasteiger partial charge in [0.25, 0.3) is 0 Å². The molecule has 2 amide bonds. The van der Waals surface area contributed by atoms with Crippen molar-refractivity contribution in [2.24, 2.45) is 5.92 Å². The number of hydrogen-bond donors (Lipinski definition) is 0. The number of nitrogens with zero attached hydrogens (tertiary/aromatic N) is 3. The monoisotopic (exact) mass is 391 g/mol. The van der Waals surface area contributed by atoms with E-state index in [1.807, 2.05) is 34.5 Å². The molecular weight excluding hydrogens is 370 g/mol. The number of halogens is 1. The molecule has 3 rings (SSSR count).